The summed E-state index contributed by atoms with van der Waals surface area (Å²) in [5.41, 5.74) is 1.91. The number of rotatable bonds is 3. The van der Waals surface area contributed by atoms with E-state index >= 15 is 0 Å². The molecule has 4 aliphatic carbocycles. The first-order chi connectivity index (χ1) is 12.9. The molecule has 2 N–H and O–H groups in total. The first kappa shape index (κ1) is 18.1. The van der Waals surface area contributed by atoms with Crippen molar-refractivity contribution in [2.45, 2.75) is 83.7 Å². The normalized spacial score (nSPS) is 48.4. The van der Waals surface area contributed by atoms with Gasteiger partial charge in [-0.15, -0.1) is 0 Å². The quantitative estimate of drug-likeness (QED) is 0.846. The lowest BCUT2D eigenvalue weighted by molar-refractivity contribution is -0.149. The SMILES string of the molecule is C[C@]12Cc3nonc3C[C@@H]1CC[C@@H]1[C@@H]2CC[C@@]2(C)[C@H]1CC[C@@]2(O)CCCO. The van der Waals surface area contributed by atoms with Crippen LogP contribution < -0.4 is 0 Å². The van der Waals surface area contributed by atoms with E-state index in [0.29, 0.717) is 23.7 Å². The number of aliphatic hydroxyl groups excluding tert-OH is 1. The van der Waals surface area contributed by atoms with Gasteiger partial charge in [-0.3, -0.25) is 0 Å². The predicted octanol–water partition coefficient (Wildman–Crippen LogP) is 3.53. The van der Waals surface area contributed by atoms with Crippen LogP contribution in [0, 0.1) is 34.5 Å². The minimum absolute atomic E-state index is 0.0157. The van der Waals surface area contributed by atoms with E-state index in [1.165, 1.54) is 19.3 Å². The summed E-state index contributed by atoms with van der Waals surface area (Å²) in [4.78, 5) is 0. The minimum atomic E-state index is -0.584. The van der Waals surface area contributed by atoms with Crippen molar-refractivity contribution in [3.63, 3.8) is 0 Å². The maximum absolute atomic E-state index is 11.5. The average Bonchev–Trinajstić information content (AvgIpc) is 3.19. The summed E-state index contributed by atoms with van der Waals surface area (Å²) in [7, 11) is 0. The average molecular weight is 375 g/mol. The van der Waals surface area contributed by atoms with Gasteiger partial charge in [-0.2, -0.15) is 0 Å². The molecule has 5 heteroatoms. The van der Waals surface area contributed by atoms with Crippen molar-refractivity contribution < 1.29 is 14.8 Å². The molecule has 1 aromatic rings. The van der Waals surface area contributed by atoms with Gasteiger partial charge in [-0.1, -0.05) is 24.2 Å². The molecule has 0 saturated heterocycles. The maximum atomic E-state index is 11.5. The van der Waals surface area contributed by atoms with E-state index in [-0.39, 0.29) is 12.0 Å². The summed E-state index contributed by atoms with van der Waals surface area (Å²) in [6.45, 7) is 5.04. The van der Waals surface area contributed by atoms with Gasteiger partial charge in [0.1, 0.15) is 11.4 Å². The molecule has 4 aliphatic rings. The topological polar surface area (TPSA) is 79.4 Å². The lowest BCUT2D eigenvalue weighted by Crippen LogP contribution is -2.57. The molecule has 7 atom stereocenters. The Balaban J connectivity index is 1.44. The molecular formula is C22H34N2O3. The third-order valence-corrected chi connectivity index (χ3v) is 9.76. The van der Waals surface area contributed by atoms with Crippen LogP contribution in [0.3, 0.4) is 0 Å². The second-order valence-electron chi connectivity index (χ2n) is 10.5. The molecule has 1 heterocycles. The molecule has 0 unspecified atom stereocenters. The van der Waals surface area contributed by atoms with E-state index in [9.17, 15) is 10.2 Å². The van der Waals surface area contributed by atoms with Gasteiger partial charge in [-0.25, -0.2) is 4.63 Å². The Morgan fingerprint density at radius 1 is 1.04 bits per heavy atom. The van der Waals surface area contributed by atoms with Crippen LogP contribution in [-0.4, -0.2) is 32.7 Å². The Hall–Kier alpha value is -0.940. The summed E-state index contributed by atoms with van der Waals surface area (Å²) in [5.74, 6) is 2.75. The Morgan fingerprint density at radius 2 is 1.81 bits per heavy atom. The highest BCUT2D eigenvalue weighted by atomic mass is 16.6. The van der Waals surface area contributed by atoms with Crippen molar-refractivity contribution in [1.29, 1.82) is 0 Å². The van der Waals surface area contributed by atoms with Crippen molar-refractivity contribution in [2.24, 2.45) is 34.5 Å². The van der Waals surface area contributed by atoms with Gasteiger partial charge in [-0.05, 0) is 92.3 Å². The number of hydrogen-bond donors (Lipinski definition) is 2. The number of aromatic nitrogens is 2. The highest BCUT2D eigenvalue weighted by Crippen LogP contribution is 2.68. The summed E-state index contributed by atoms with van der Waals surface area (Å²) in [6.07, 6.45) is 10.5. The van der Waals surface area contributed by atoms with Gasteiger partial charge >= 0.3 is 0 Å². The van der Waals surface area contributed by atoms with E-state index in [1.54, 1.807) is 0 Å². The van der Waals surface area contributed by atoms with Gasteiger partial charge in [0.25, 0.3) is 0 Å². The van der Waals surface area contributed by atoms with Crippen molar-refractivity contribution in [2.75, 3.05) is 6.61 Å². The van der Waals surface area contributed by atoms with E-state index in [4.69, 9.17) is 4.63 Å². The second-order valence-corrected chi connectivity index (χ2v) is 10.5. The number of aliphatic hydroxyl groups is 2. The van der Waals surface area contributed by atoms with Crippen molar-refractivity contribution in [3.05, 3.63) is 11.4 Å². The first-order valence-electron chi connectivity index (χ1n) is 11.0. The summed E-state index contributed by atoms with van der Waals surface area (Å²) in [5, 5.41) is 29.2. The second kappa shape index (κ2) is 6.03. The van der Waals surface area contributed by atoms with E-state index < -0.39 is 5.60 Å². The lowest BCUT2D eigenvalue weighted by Gasteiger charge is -2.60. The molecule has 3 fully saturated rings. The molecule has 0 aliphatic heterocycles. The van der Waals surface area contributed by atoms with E-state index in [2.05, 4.69) is 24.2 Å². The smallest absolute Gasteiger partial charge is 0.108 e. The van der Waals surface area contributed by atoms with Gasteiger partial charge < -0.3 is 10.2 Å². The Labute approximate surface area is 161 Å². The molecule has 5 rings (SSSR count). The maximum Gasteiger partial charge on any atom is 0.108 e. The Morgan fingerprint density at radius 3 is 2.63 bits per heavy atom. The highest BCUT2D eigenvalue weighted by molar-refractivity contribution is 5.21. The Kier molecular flexibility index (Phi) is 4.04. The molecule has 3 saturated carbocycles. The van der Waals surface area contributed by atoms with Crippen LogP contribution in [0.25, 0.3) is 0 Å². The summed E-state index contributed by atoms with van der Waals surface area (Å²) in [6, 6.07) is 0. The molecule has 150 valence electrons. The molecule has 0 bridgehead atoms. The van der Waals surface area contributed by atoms with E-state index in [1.807, 2.05) is 0 Å². The van der Waals surface area contributed by atoms with E-state index in [0.717, 1.165) is 61.7 Å². The molecule has 0 aromatic carbocycles. The molecule has 0 amide bonds. The summed E-state index contributed by atoms with van der Waals surface area (Å²) >= 11 is 0. The van der Waals surface area contributed by atoms with Crippen LogP contribution >= 0.6 is 0 Å². The largest absolute Gasteiger partial charge is 0.396 e. The zero-order chi connectivity index (χ0) is 18.9. The fourth-order valence-corrected chi connectivity index (χ4v) is 8.15. The molecule has 5 nitrogen and oxygen atoms in total. The Bertz CT molecular complexity index is 720. The summed E-state index contributed by atoms with van der Waals surface area (Å²) < 4.78 is 5.05. The lowest BCUT2D eigenvalue weighted by atomic mass is 9.44. The predicted molar refractivity (Wildman–Crippen MR) is 101 cm³/mol. The molecule has 0 spiro atoms. The van der Waals surface area contributed by atoms with Crippen molar-refractivity contribution in [1.82, 2.24) is 10.3 Å². The van der Waals surface area contributed by atoms with Crippen LogP contribution in [0.5, 0.6) is 0 Å². The number of hydrogen-bond acceptors (Lipinski definition) is 5. The number of fused-ring (bicyclic) bond motifs is 6. The van der Waals surface area contributed by atoms with Crippen molar-refractivity contribution >= 4 is 0 Å². The van der Waals surface area contributed by atoms with Crippen LogP contribution in [0.1, 0.15) is 76.6 Å². The number of nitrogens with zero attached hydrogens (tertiary/aromatic N) is 2. The van der Waals surface area contributed by atoms with Crippen LogP contribution in [0.2, 0.25) is 0 Å². The highest BCUT2D eigenvalue weighted by Gasteiger charge is 2.64. The third-order valence-electron chi connectivity index (χ3n) is 9.76. The molecule has 27 heavy (non-hydrogen) atoms. The van der Waals surface area contributed by atoms with Crippen LogP contribution in [0.15, 0.2) is 4.63 Å². The minimum Gasteiger partial charge on any atom is -0.396 e. The molecular weight excluding hydrogens is 340 g/mol. The fourth-order valence-electron chi connectivity index (χ4n) is 8.15. The molecule has 0 radical (unpaired) electrons. The molecule has 1 aromatic heterocycles. The van der Waals surface area contributed by atoms with Gasteiger partial charge in [0.15, 0.2) is 0 Å². The fraction of sp³-hybridized carbons (Fsp3) is 0.909. The monoisotopic (exact) mass is 374 g/mol. The zero-order valence-corrected chi connectivity index (χ0v) is 16.8. The van der Waals surface area contributed by atoms with Crippen LogP contribution in [-0.2, 0) is 12.8 Å². The van der Waals surface area contributed by atoms with Gasteiger partial charge in [0, 0.05) is 13.0 Å². The third kappa shape index (κ3) is 2.37. The van der Waals surface area contributed by atoms with Gasteiger partial charge in [0.2, 0.25) is 0 Å². The standard InChI is InChI=1S/C22H34N2O3/c1-20-13-19-18(23-27-24-19)12-14(20)4-5-15-16(20)6-9-21(2)17(15)7-10-22(21,26)8-3-11-25/h14-17,25-26H,3-13H2,1-2H3/t14-,15+,16-,17-,20-,21-,22-/m0/s1. The van der Waals surface area contributed by atoms with Crippen LogP contribution in [0.4, 0.5) is 0 Å². The first-order valence-corrected chi connectivity index (χ1v) is 11.0. The van der Waals surface area contributed by atoms with Gasteiger partial charge in [0.05, 0.1) is 5.60 Å². The van der Waals surface area contributed by atoms with Crippen molar-refractivity contribution in [3.8, 4) is 0 Å². The zero-order valence-electron chi connectivity index (χ0n) is 16.8.